The molecule has 9 heavy (non-hydrogen) atoms. The van der Waals surface area contributed by atoms with Crippen LogP contribution in [0, 0.1) is 0 Å². The van der Waals surface area contributed by atoms with Crippen LogP contribution in [0.15, 0.2) is 11.1 Å². The molecule has 0 saturated heterocycles. The molecule has 1 N–H and O–H groups in total. The molecule has 0 aliphatic heterocycles. The molecule has 4 nitrogen and oxygen atoms in total. The van der Waals surface area contributed by atoms with Gasteiger partial charge in [-0.15, -0.1) is 0 Å². The largest absolute Gasteiger partial charge is 1.00 e. The summed E-state index contributed by atoms with van der Waals surface area (Å²) in [6, 6.07) is 0. The Kier molecular flexibility index (Phi) is 4.05. The van der Waals surface area contributed by atoms with Gasteiger partial charge in [0.25, 0.3) is 0 Å². The van der Waals surface area contributed by atoms with E-state index in [-0.39, 0.29) is 34.8 Å². The second-order valence-corrected chi connectivity index (χ2v) is 1.45. The molecule has 0 radical (unpaired) electrons. The zero-order chi connectivity index (χ0) is 5.98. The van der Waals surface area contributed by atoms with Crippen molar-refractivity contribution in [3.05, 3.63) is 22.1 Å². The van der Waals surface area contributed by atoms with Crippen molar-refractivity contribution in [3.8, 4) is 0 Å². The van der Waals surface area contributed by atoms with Gasteiger partial charge in [0.1, 0.15) is 6.33 Å². The number of nitrogens with one attached hydrogen (secondary N) is 1. The number of aromatic amines is 1. The zero-order valence-corrected chi connectivity index (χ0v) is 7.51. The fourth-order valence-corrected chi connectivity index (χ4v) is 0.409. The van der Waals surface area contributed by atoms with Gasteiger partial charge < -0.3 is 0 Å². The van der Waals surface area contributed by atoms with Crippen LogP contribution in [-0.4, -0.2) is 15.0 Å². The molecule has 42 valence electrons. The van der Waals surface area contributed by atoms with E-state index in [1.54, 1.807) is 0 Å². The molecule has 1 rings (SSSR count). The molecule has 0 fully saturated rings. The van der Waals surface area contributed by atoms with Crippen molar-refractivity contribution in [1.29, 1.82) is 0 Å². The fourth-order valence-electron chi connectivity index (χ4n) is 0.285. The summed E-state index contributed by atoms with van der Waals surface area (Å²) in [6.45, 7) is 0. The SMILES string of the molecule is O=c1ncnc(Cl)[nH]1.[Na+]. The van der Waals surface area contributed by atoms with E-state index in [2.05, 4.69) is 15.0 Å². The summed E-state index contributed by atoms with van der Waals surface area (Å²) < 4.78 is 0. The predicted molar refractivity (Wildman–Crippen MR) is 27.7 cm³/mol. The van der Waals surface area contributed by atoms with E-state index in [0.29, 0.717) is 0 Å². The molecule has 0 saturated carbocycles. The topological polar surface area (TPSA) is 58.6 Å². The Morgan fingerprint density at radius 2 is 2.22 bits per heavy atom. The van der Waals surface area contributed by atoms with Crippen LogP contribution >= 0.6 is 11.6 Å². The van der Waals surface area contributed by atoms with Crippen molar-refractivity contribution in [3.63, 3.8) is 0 Å². The molecule has 1 aromatic heterocycles. The van der Waals surface area contributed by atoms with E-state index in [1.807, 2.05) is 0 Å². The minimum absolute atomic E-state index is 0. The van der Waals surface area contributed by atoms with Crippen molar-refractivity contribution < 1.29 is 29.6 Å². The van der Waals surface area contributed by atoms with Crippen molar-refractivity contribution >= 4 is 11.6 Å². The normalized spacial score (nSPS) is 8.11. The maximum absolute atomic E-state index is 10.2. The second kappa shape index (κ2) is 4.00. The van der Waals surface area contributed by atoms with Crippen LogP contribution in [-0.2, 0) is 0 Å². The quantitative estimate of drug-likeness (QED) is 0.401. The molecular formula is C3H2ClN3NaO+. The summed E-state index contributed by atoms with van der Waals surface area (Å²) in [5, 5.41) is 0.0602. The Morgan fingerprint density at radius 1 is 1.56 bits per heavy atom. The Labute approximate surface area is 78.0 Å². The number of H-pyrrole nitrogens is 1. The van der Waals surface area contributed by atoms with Gasteiger partial charge in [0.05, 0.1) is 0 Å². The smallest absolute Gasteiger partial charge is 0.280 e. The third kappa shape index (κ3) is 2.95. The van der Waals surface area contributed by atoms with E-state index in [9.17, 15) is 4.79 Å². The molecular weight excluding hydrogens is 152 g/mol. The van der Waals surface area contributed by atoms with E-state index in [0.717, 1.165) is 6.33 Å². The molecule has 6 heteroatoms. The summed E-state index contributed by atoms with van der Waals surface area (Å²) in [7, 11) is 0. The van der Waals surface area contributed by atoms with Crippen LogP contribution in [0.1, 0.15) is 0 Å². The molecule has 1 aromatic rings. The van der Waals surface area contributed by atoms with Crippen LogP contribution in [0.3, 0.4) is 0 Å². The van der Waals surface area contributed by atoms with Gasteiger partial charge in [0.15, 0.2) is 0 Å². The molecule has 0 unspecified atom stereocenters. The van der Waals surface area contributed by atoms with Crippen molar-refractivity contribution in [2.24, 2.45) is 0 Å². The Bertz CT molecular complexity index is 236. The van der Waals surface area contributed by atoms with Crippen molar-refractivity contribution in [1.82, 2.24) is 15.0 Å². The molecule has 1 heterocycles. The molecule has 0 bridgehead atoms. The number of hydrogen-bond acceptors (Lipinski definition) is 3. The maximum Gasteiger partial charge on any atom is 1.00 e. The Hall–Kier alpha value is 0.1000. The zero-order valence-electron chi connectivity index (χ0n) is 4.76. The van der Waals surface area contributed by atoms with Crippen molar-refractivity contribution in [2.45, 2.75) is 0 Å². The van der Waals surface area contributed by atoms with Gasteiger partial charge in [-0.05, 0) is 11.6 Å². The second-order valence-electron chi connectivity index (χ2n) is 1.09. The van der Waals surface area contributed by atoms with E-state index in [1.165, 1.54) is 0 Å². The van der Waals surface area contributed by atoms with Crippen LogP contribution in [0.5, 0.6) is 0 Å². The first-order chi connectivity index (χ1) is 3.79. The van der Waals surface area contributed by atoms with Gasteiger partial charge in [-0.1, -0.05) is 0 Å². The average Bonchev–Trinajstić information content (AvgIpc) is 1.64. The van der Waals surface area contributed by atoms with E-state index in [4.69, 9.17) is 11.6 Å². The van der Waals surface area contributed by atoms with Gasteiger partial charge in [0.2, 0.25) is 5.28 Å². The molecule has 0 amide bonds. The summed E-state index contributed by atoms with van der Waals surface area (Å²) in [5.74, 6) is 0. The van der Waals surface area contributed by atoms with Gasteiger partial charge in [-0.2, -0.15) is 4.98 Å². The first-order valence-electron chi connectivity index (χ1n) is 1.86. The number of rotatable bonds is 0. The molecule has 0 aliphatic carbocycles. The minimum Gasteiger partial charge on any atom is -0.280 e. The van der Waals surface area contributed by atoms with Crippen LogP contribution < -0.4 is 35.2 Å². The van der Waals surface area contributed by atoms with E-state index >= 15 is 0 Å². The Morgan fingerprint density at radius 3 is 2.56 bits per heavy atom. The summed E-state index contributed by atoms with van der Waals surface area (Å²) in [6.07, 6.45) is 1.10. The summed E-state index contributed by atoms with van der Waals surface area (Å²) in [5.41, 5.74) is -0.481. The Balaban J connectivity index is 0.000000640. The molecule has 0 aliphatic rings. The number of halogens is 1. The number of hydrogen-bond donors (Lipinski definition) is 1. The first kappa shape index (κ1) is 9.10. The van der Waals surface area contributed by atoms with Crippen LogP contribution in [0.4, 0.5) is 0 Å². The number of aromatic nitrogens is 3. The standard InChI is InChI=1S/C3H2ClN3O.Na/c4-2-5-1-6-3(8)7-2;/h1H,(H,5,6,7,8);/q;+1. The third-order valence-electron chi connectivity index (χ3n) is 0.556. The number of nitrogens with zero attached hydrogens (tertiary/aromatic N) is 2. The fraction of sp³-hybridized carbons (Fsp3) is 0. The molecule has 0 aromatic carbocycles. The molecule has 0 atom stereocenters. The van der Waals surface area contributed by atoms with Gasteiger partial charge in [-0.25, -0.2) is 9.78 Å². The predicted octanol–water partition coefficient (Wildman–Crippen LogP) is -3.18. The third-order valence-corrected chi connectivity index (χ3v) is 0.748. The van der Waals surface area contributed by atoms with Gasteiger partial charge >= 0.3 is 35.2 Å². The maximum atomic E-state index is 10.2. The van der Waals surface area contributed by atoms with Crippen molar-refractivity contribution in [2.75, 3.05) is 0 Å². The van der Waals surface area contributed by atoms with E-state index < -0.39 is 5.69 Å². The average molecular weight is 155 g/mol. The van der Waals surface area contributed by atoms with Gasteiger partial charge in [-0.3, -0.25) is 4.98 Å². The first-order valence-corrected chi connectivity index (χ1v) is 2.23. The summed E-state index contributed by atoms with van der Waals surface area (Å²) >= 11 is 5.24. The summed E-state index contributed by atoms with van der Waals surface area (Å²) in [4.78, 5) is 19.0. The van der Waals surface area contributed by atoms with Gasteiger partial charge in [0, 0.05) is 0 Å². The van der Waals surface area contributed by atoms with Crippen LogP contribution in [0.2, 0.25) is 5.28 Å². The molecule has 0 spiro atoms. The minimum atomic E-state index is -0.481. The monoisotopic (exact) mass is 154 g/mol. The van der Waals surface area contributed by atoms with Crippen LogP contribution in [0.25, 0.3) is 0 Å².